The van der Waals surface area contributed by atoms with Crippen LogP contribution in [0.15, 0.2) is 30.3 Å². The van der Waals surface area contributed by atoms with Crippen LogP contribution in [0, 0.1) is 0 Å². The minimum absolute atomic E-state index is 0.0980. The maximum Gasteiger partial charge on any atom is 0.471 e. The van der Waals surface area contributed by atoms with E-state index in [9.17, 15) is 27.2 Å². The normalized spacial score (nSPS) is 29.8. The zero-order valence-electron chi connectivity index (χ0n) is 12.8. The molecule has 1 aromatic carbocycles. The van der Waals surface area contributed by atoms with E-state index in [4.69, 9.17) is 9.47 Å². The predicted octanol–water partition coefficient (Wildman–Crippen LogP) is 2.74. The lowest BCUT2D eigenvalue weighted by Gasteiger charge is -2.40. The molecule has 1 saturated heterocycles. The van der Waals surface area contributed by atoms with Crippen molar-refractivity contribution >= 4 is 27.8 Å². The van der Waals surface area contributed by atoms with Crippen molar-refractivity contribution < 1.29 is 36.6 Å². The van der Waals surface area contributed by atoms with Crippen LogP contribution in [0.3, 0.4) is 0 Å². The number of halogens is 5. The Morgan fingerprint density at radius 2 is 1.84 bits per heavy atom. The summed E-state index contributed by atoms with van der Waals surface area (Å²) in [4.78, 5) is 23.3. The van der Waals surface area contributed by atoms with Crippen LogP contribution < -0.4 is 5.32 Å². The second kappa shape index (κ2) is 7.69. The first-order valence-electron chi connectivity index (χ1n) is 7.18. The van der Waals surface area contributed by atoms with Crippen LogP contribution in [0.4, 0.5) is 17.6 Å². The summed E-state index contributed by atoms with van der Waals surface area (Å²) in [6.07, 6.45) is -9.84. The van der Waals surface area contributed by atoms with Crippen LogP contribution in [0.1, 0.15) is 17.3 Å². The van der Waals surface area contributed by atoms with Gasteiger partial charge in [-0.3, -0.25) is 4.79 Å². The molecule has 1 heterocycles. The van der Waals surface area contributed by atoms with E-state index in [-0.39, 0.29) is 5.56 Å². The Morgan fingerprint density at radius 3 is 2.40 bits per heavy atom. The number of hydrogen-bond acceptors (Lipinski definition) is 4. The molecule has 0 spiro atoms. The van der Waals surface area contributed by atoms with Crippen LogP contribution in [0.2, 0.25) is 0 Å². The van der Waals surface area contributed by atoms with Crippen LogP contribution in [-0.4, -0.2) is 47.5 Å². The zero-order valence-corrected chi connectivity index (χ0v) is 14.4. The van der Waals surface area contributed by atoms with Gasteiger partial charge in [-0.2, -0.15) is 13.2 Å². The van der Waals surface area contributed by atoms with E-state index in [0.717, 1.165) is 0 Å². The molecule has 0 radical (unpaired) electrons. The Hall–Kier alpha value is -1.68. The topological polar surface area (TPSA) is 64.6 Å². The van der Waals surface area contributed by atoms with Crippen molar-refractivity contribution in [2.24, 2.45) is 0 Å². The molecule has 1 fully saturated rings. The number of carbonyl (C=O) groups is 2. The largest absolute Gasteiger partial charge is 0.471 e. The van der Waals surface area contributed by atoms with Crippen molar-refractivity contribution in [1.82, 2.24) is 5.32 Å². The van der Waals surface area contributed by atoms with Gasteiger partial charge in [0.15, 0.2) is 12.3 Å². The third-order valence-corrected chi connectivity index (χ3v) is 4.30. The number of carbonyl (C=O) groups excluding carboxylic acids is 2. The molecular weight excluding hydrogens is 414 g/mol. The van der Waals surface area contributed by atoms with Gasteiger partial charge in [-0.25, -0.2) is 9.18 Å². The lowest BCUT2D eigenvalue weighted by molar-refractivity contribution is -0.181. The van der Waals surface area contributed by atoms with Gasteiger partial charge in [0.05, 0.1) is 17.7 Å². The van der Waals surface area contributed by atoms with E-state index in [2.05, 4.69) is 15.9 Å². The van der Waals surface area contributed by atoms with Crippen molar-refractivity contribution in [3.05, 3.63) is 35.9 Å². The molecule has 5 nitrogen and oxygen atoms in total. The smallest absolute Gasteiger partial charge is 0.453 e. The number of nitrogens with one attached hydrogen (secondary N) is 1. The highest BCUT2D eigenvalue weighted by Crippen LogP contribution is 2.30. The Bertz CT molecular complexity index is 628. The van der Waals surface area contributed by atoms with Crippen LogP contribution in [0.5, 0.6) is 0 Å². The SMILES string of the molecule is C[C@@H]1O[C@@H](Br)[C@H](F)[C@H](OC(=O)c2ccccc2)[C@H]1NC(=O)C(F)(F)F. The first-order chi connectivity index (χ1) is 11.6. The van der Waals surface area contributed by atoms with E-state index in [0.29, 0.717) is 0 Å². The molecule has 1 aromatic rings. The molecule has 1 aliphatic rings. The molecule has 1 N–H and O–H groups in total. The summed E-state index contributed by atoms with van der Waals surface area (Å²) in [6, 6.07) is 6.05. The second-order valence-corrected chi connectivity index (χ2v) is 6.27. The van der Waals surface area contributed by atoms with Crippen LogP contribution in [-0.2, 0) is 14.3 Å². The molecule has 0 aromatic heterocycles. The van der Waals surface area contributed by atoms with Crippen LogP contribution >= 0.6 is 15.9 Å². The van der Waals surface area contributed by atoms with Gasteiger partial charge >= 0.3 is 18.1 Å². The van der Waals surface area contributed by atoms with E-state index in [1.165, 1.54) is 19.1 Å². The second-order valence-electron chi connectivity index (χ2n) is 5.37. The van der Waals surface area contributed by atoms with Gasteiger partial charge in [0, 0.05) is 0 Å². The highest BCUT2D eigenvalue weighted by Gasteiger charge is 2.50. The highest BCUT2D eigenvalue weighted by molar-refractivity contribution is 9.09. The first kappa shape index (κ1) is 19.6. The minimum atomic E-state index is -5.16. The average Bonchev–Trinajstić information content (AvgIpc) is 2.55. The molecule has 2 rings (SSSR count). The van der Waals surface area contributed by atoms with Gasteiger partial charge in [0.1, 0.15) is 5.01 Å². The number of esters is 1. The summed E-state index contributed by atoms with van der Waals surface area (Å²) in [5.41, 5.74) is 0.0980. The fraction of sp³-hybridized carbons (Fsp3) is 0.467. The molecule has 1 aliphatic heterocycles. The summed E-state index contributed by atoms with van der Waals surface area (Å²) >= 11 is 2.89. The third-order valence-electron chi connectivity index (χ3n) is 3.58. The van der Waals surface area contributed by atoms with Crippen molar-refractivity contribution in [1.29, 1.82) is 0 Å². The fourth-order valence-electron chi connectivity index (χ4n) is 2.32. The number of ether oxygens (including phenoxy) is 2. The van der Waals surface area contributed by atoms with Crippen molar-refractivity contribution in [2.45, 2.75) is 42.5 Å². The average molecular weight is 428 g/mol. The predicted molar refractivity (Wildman–Crippen MR) is 81.8 cm³/mol. The molecule has 138 valence electrons. The number of alkyl halides is 5. The van der Waals surface area contributed by atoms with E-state index < -0.39 is 47.5 Å². The van der Waals surface area contributed by atoms with Gasteiger partial charge < -0.3 is 14.8 Å². The summed E-state index contributed by atoms with van der Waals surface area (Å²) in [7, 11) is 0. The molecule has 1 amide bonds. The van der Waals surface area contributed by atoms with Crippen molar-refractivity contribution in [2.75, 3.05) is 0 Å². The first-order valence-corrected chi connectivity index (χ1v) is 8.10. The molecule has 0 aliphatic carbocycles. The van der Waals surface area contributed by atoms with E-state index >= 15 is 0 Å². The molecule has 10 heteroatoms. The maximum atomic E-state index is 14.4. The molecule has 0 bridgehead atoms. The molecule has 5 atom stereocenters. The molecular formula is C15H14BrF4NO4. The monoisotopic (exact) mass is 427 g/mol. The lowest BCUT2D eigenvalue weighted by atomic mass is 9.98. The standard InChI is InChI=1S/C15H14BrF4NO4/c1-7-10(21-14(23)15(18,19)20)11(9(17)12(16)24-7)25-13(22)8-5-3-2-4-6-8/h2-7,9-12H,1H3,(H,21,23)/t7-,9+,10-,11-,12+/m0/s1. The highest BCUT2D eigenvalue weighted by atomic mass is 79.9. The third kappa shape index (κ3) is 4.69. The molecule has 0 unspecified atom stereocenters. The zero-order chi connectivity index (χ0) is 18.8. The molecule has 25 heavy (non-hydrogen) atoms. The number of hydrogen-bond donors (Lipinski definition) is 1. The van der Waals surface area contributed by atoms with Gasteiger partial charge in [-0.1, -0.05) is 34.1 Å². The summed E-state index contributed by atoms with van der Waals surface area (Å²) < 4.78 is 62.1. The Balaban J connectivity index is 2.21. The summed E-state index contributed by atoms with van der Waals surface area (Å²) in [5, 5.41) is 0.441. The number of benzene rings is 1. The Kier molecular flexibility index (Phi) is 6.04. The molecule has 0 saturated carbocycles. The van der Waals surface area contributed by atoms with Crippen molar-refractivity contribution in [3.63, 3.8) is 0 Å². The Labute approximate surface area is 148 Å². The lowest BCUT2D eigenvalue weighted by Crippen LogP contribution is -2.63. The van der Waals surface area contributed by atoms with E-state index in [1.807, 2.05) is 0 Å². The van der Waals surface area contributed by atoms with Gasteiger partial charge in [0.2, 0.25) is 0 Å². The fourth-order valence-corrected chi connectivity index (χ4v) is 2.96. The van der Waals surface area contributed by atoms with Gasteiger partial charge in [-0.15, -0.1) is 0 Å². The number of amides is 1. The number of rotatable bonds is 3. The van der Waals surface area contributed by atoms with E-state index in [1.54, 1.807) is 23.5 Å². The summed E-state index contributed by atoms with van der Waals surface area (Å²) in [5.74, 6) is -3.19. The van der Waals surface area contributed by atoms with Crippen molar-refractivity contribution in [3.8, 4) is 0 Å². The minimum Gasteiger partial charge on any atom is -0.453 e. The van der Waals surface area contributed by atoms with Gasteiger partial charge in [0.25, 0.3) is 0 Å². The van der Waals surface area contributed by atoms with Crippen LogP contribution in [0.25, 0.3) is 0 Å². The van der Waals surface area contributed by atoms with Gasteiger partial charge in [-0.05, 0) is 19.1 Å². The Morgan fingerprint density at radius 1 is 1.24 bits per heavy atom. The maximum absolute atomic E-state index is 14.4. The summed E-state index contributed by atoms with van der Waals surface area (Å²) in [6.45, 7) is 1.34. The quantitative estimate of drug-likeness (QED) is 0.457.